The summed E-state index contributed by atoms with van der Waals surface area (Å²) in [5.41, 5.74) is 0. The highest BCUT2D eigenvalue weighted by Gasteiger charge is 2.19. The standard InChI is InChI=1S/C17H30O3/c1-2-3-4-5-6-7-14-20-16-11-8-15(9-12-16)10-13-17(18)19/h10,13,15-16H,2-9,11-12,14H2,1H3,(H,18,19). The number of carboxylic acids is 1. The summed E-state index contributed by atoms with van der Waals surface area (Å²) in [7, 11) is 0. The first kappa shape index (κ1) is 17.2. The minimum Gasteiger partial charge on any atom is -0.478 e. The monoisotopic (exact) mass is 282 g/mol. The molecule has 0 bridgehead atoms. The highest BCUT2D eigenvalue weighted by Crippen LogP contribution is 2.27. The van der Waals surface area contributed by atoms with Gasteiger partial charge in [-0.1, -0.05) is 45.1 Å². The van der Waals surface area contributed by atoms with E-state index in [0.717, 1.165) is 32.3 Å². The average Bonchev–Trinajstić information content (AvgIpc) is 2.45. The quantitative estimate of drug-likeness (QED) is 0.472. The summed E-state index contributed by atoms with van der Waals surface area (Å²) in [4.78, 5) is 10.5. The molecule has 0 aliphatic heterocycles. The van der Waals surface area contributed by atoms with Crippen molar-refractivity contribution in [1.29, 1.82) is 0 Å². The van der Waals surface area contributed by atoms with E-state index in [1.54, 1.807) is 0 Å². The van der Waals surface area contributed by atoms with Crippen LogP contribution in [0.5, 0.6) is 0 Å². The molecule has 0 unspecified atom stereocenters. The number of ether oxygens (including phenoxy) is 1. The number of rotatable bonds is 10. The number of carboxylic acid groups (broad SMARTS) is 1. The SMILES string of the molecule is CCCCCCCCOC1CCC(C=CC(=O)O)CC1. The molecule has 0 spiro atoms. The maximum absolute atomic E-state index is 10.5. The van der Waals surface area contributed by atoms with Crippen molar-refractivity contribution in [3.8, 4) is 0 Å². The molecule has 0 heterocycles. The van der Waals surface area contributed by atoms with Gasteiger partial charge in [0.2, 0.25) is 0 Å². The third-order valence-corrected chi connectivity index (χ3v) is 4.08. The molecule has 1 aliphatic rings. The second kappa shape index (κ2) is 10.9. The van der Waals surface area contributed by atoms with Gasteiger partial charge in [0.25, 0.3) is 0 Å². The molecule has 3 heteroatoms. The van der Waals surface area contributed by atoms with Gasteiger partial charge in [-0.15, -0.1) is 0 Å². The molecular formula is C17H30O3. The minimum absolute atomic E-state index is 0.403. The number of hydrogen-bond acceptors (Lipinski definition) is 2. The molecule has 20 heavy (non-hydrogen) atoms. The van der Waals surface area contributed by atoms with Crippen LogP contribution in [0.1, 0.15) is 71.1 Å². The number of hydrogen-bond donors (Lipinski definition) is 1. The molecular weight excluding hydrogens is 252 g/mol. The van der Waals surface area contributed by atoms with E-state index in [1.807, 2.05) is 6.08 Å². The Labute approximate surface area is 123 Å². The summed E-state index contributed by atoms with van der Waals surface area (Å²) < 4.78 is 5.92. The third-order valence-electron chi connectivity index (χ3n) is 4.08. The molecule has 0 aromatic rings. The fourth-order valence-electron chi connectivity index (χ4n) is 2.80. The fraction of sp³-hybridized carbons (Fsp3) is 0.824. The van der Waals surface area contributed by atoms with Gasteiger partial charge in [-0.05, 0) is 38.0 Å². The zero-order chi connectivity index (χ0) is 14.6. The Morgan fingerprint density at radius 3 is 2.40 bits per heavy atom. The van der Waals surface area contributed by atoms with Crippen molar-refractivity contribution in [1.82, 2.24) is 0 Å². The normalized spacial score (nSPS) is 23.2. The first-order valence-electron chi connectivity index (χ1n) is 8.25. The second-order valence-electron chi connectivity index (χ2n) is 5.87. The van der Waals surface area contributed by atoms with Crippen LogP contribution in [0.4, 0.5) is 0 Å². The molecule has 3 nitrogen and oxygen atoms in total. The average molecular weight is 282 g/mol. The Balaban J connectivity index is 1.98. The molecule has 0 aromatic heterocycles. The van der Waals surface area contributed by atoms with Crippen LogP contribution in [0.3, 0.4) is 0 Å². The maximum atomic E-state index is 10.5. The summed E-state index contributed by atoms with van der Waals surface area (Å²) in [6.45, 7) is 3.14. The van der Waals surface area contributed by atoms with E-state index >= 15 is 0 Å². The molecule has 1 saturated carbocycles. The highest BCUT2D eigenvalue weighted by atomic mass is 16.5. The summed E-state index contributed by atoms with van der Waals surface area (Å²) >= 11 is 0. The molecule has 116 valence electrons. The van der Waals surface area contributed by atoms with Crippen LogP contribution in [0.2, 0.25) is 0 Å². The smallest absolute Gasteiger partial charge is 0.327 e. The van der Waals surface area contributed by atoms with Crippen molar-refractivity contribution in [2.24, 2.45) is 5.92 Å². The number of aliphatic carboxylic acids is 1. The molecule has 0 aromatic carbocycles. The van der Waals surface area contributed by atoms with Crippen molar-refractivity contribution in [2.75, 3.05) is 6.61 Å². The maximum Gasteiger partial charge on any atom is 0.327 e. The van der Waals surface area contributed by atoms with E-state index in [-0.39, 0.29) is 0 Å². The van der Waals surface area contributed by atoms with Gasteiger partial charge < -0.3 is 9.84 Å². The van der Waals surface area contributed by atoms with E-state index < -0.39 is 5.97 Å². The number of carbonyl (C=O) groups is 1. The molecule has 1 N–H and O–H groups in total. The van der Waals surface area contributed by atoms with Gasteiger partial charge in [-0.25, -0.2) is 4.79 Å². The Bertz CT molecular complexity index is 278. The predicted octanol–water partition coefficient (Wildman–Crippen LogP) is 4.56. The zero-order valence-electron chi connectivity index (χ0n) is 12.9. The second-order valence-corrected chi connectivity index (χ2v) is 5.87. The molecule has 0 amide bonds. The lowest BCUT2D eigenvalue weighted by Gasteiger charge is -2.26. The number of allylic oxidation sites excluding steroid dienone is 1. The van der Waals surface area contributed by atoms with E-state index in [1.165, 1.54) is 44.6 Å². The first-order chi connectivity index (χ1) is 9.72. The van der Waals surface area contributed by atoms with E-state index in [9.17, 15) is 4.79 Å². The van der Waals surface area contributed by atoms with Crippen molar-refractivity contribution in [3.63, 3.8) is 0 Å². The van der Waals surface area contributed by atoms with Crippen LogP contribution >= 0.6 is 0 Å². The van der Waals surface area contributed by atoms with Gasteiger partial charge in [-0.2, -0.15) is 0 Å². The van der Waals surface area contributed by atoms with Crippen LogP contribution in [-0.2, 0) is 9.53 Å². The number of unbranched alkanes of at least 4 members (excludes halogenated alkanes) is 5. The lowest BCUT2D eigenvalue weighted by Crippen LogP contribution is -2.21. The van der Waals surface area contributed by atoms with Crippen LogP contribution in [-0.4, -0.2) is 23.8 Å². The molecule has 0 saturated heterocycles. The minimum atomic E-state index is -0.841. The van der Waals surface area contributed by atoms with Gasteiger partial charge in [0.1, 0.15) is 0 Å². The Morgan fingerprint density at radius 2 is 1.75 bits per heavy atom. The molecule has 0 radical (unpaired) electrons. The summed E-state index contributed by atoms with van der Waals surface area (Å²) in [6, 6.07) is 0. The zero-order valence-corrected chi connectivity index (χ0v) is 12.9. The predicted molar refractivity (Wildman–Crippen MR) is 81.8 cm³/mol. The molecule has 1 aliphatic carbocycles. The largest absolute Gasteiger partial charge is 0.478 e. The highest BCUT2D eigenvalue weighted by molar-refractivity contribution is 5.79. The molecule has 1 fully saturated rings. The van der Waals surface area contributed by atoms with Crippen molar-refractivity contribution in [2.45, 2.75) is 77.2 Å². The van der Waals surface area contributed by atoms with Crippen molar-refractivity contribution in [3.05, 3.63) is 12.2 Å². The Hall–Kier alpha value is -0.830. The summed E-state index contributed by atoms with van der Waals surface area (Å²) in [6.07, 6.45) is 15.6. The summed E-state index contributed by atoms with van der Waals surface area (Å²) in [5.74, 6) is -0.411. The van der Waals surface area contributed by atoms with Gasteiger partial charge >= 0.3 is 5.97 Å². The van der Waals surface area contributed by atoms with Gasteiger partial charge in [-0.3, -0.25) is 0 Å². The van der Waals surface area contributed by atoms with Crippen LogP contribution in [0.25, 0.3) is 0 Å². The topological polar surface area (TPSA) is 46.5 Å². The van der Waals surface area contributed by atoms with Gasteiger partial charge in [0.15, 0.2) is 0 Å². The van der Waals surface area contributed by atoms with E-state index in [2.05, 4.69) is 6.92 Å². The van der Waals surface area contributed by atoms with E-state index in [0.29, 0.717) is 12.0 Å². The Kier molecular flexibility index (Phi) is 9.38. The van der Waals surface area contributed by atoms with E-state index in [4.69, 9.17) is 9.84 Å². The third kappa shape index (κ3) is 8.36. The molecule has 0 atom stereocenters. The summed E-state index contributed by atoms with van der Waals surface area (Å²) in [5, 5.41) is 8.61. The van der Waals surface area contributed by atoms with Crippen LogP contribution in [0, 0.1) is 5.92 Å². The van der Waals surface area contributed by atoms with Crippen molar-refractivity contribution >= 4 is 5.97 Å². The van der Waals surface area contributed by atoms with Crippen LogP contribution in [0.15, 0.2) is 12.2 Å². The van der Waals surface area contributed by atoms with Crippen LogP contribution < -0.4 is 0 Å². The van der Waals surface area contributed by atoms with Gasteiger partial charge in [0, 0.05) is 12.7 Å². The lowest BCUT2D eigenvalue weighted by atomic mass is 9.87. The van der Waals surface area contributed by atoms with Crippen molar-refractivity contribution < 1.29 is 14.6 Å². The lowest BCUT2D eigenvalue weighted by molar-refractivity contribution is -0.131. The first-order valence-corrected chi connectivity index (χ1v) is 8.25. The fourth-order valence-corrected chi connectivity index (χ4v) is 2.80. The Morgan fingerprint density at radius 1 is 1.10 bits per heavy atom. The molecule has 1 rings (SSSR count). The van der Waals surface area contributed by atoms with Gasteiger partial charge in [0.05, 0.1) is 6.10 Å².